The van der Waals surface area contributed by atoms with Crippen LogP contribution in [0.5, 0.6) is 0 Å². The van der Waals surface area contributed by atoms with Gasteiger partial charge in [-0.05, 0) is 73.5 Å². The van der Waals surface area contributed by atoms with Gasteiger partial charge >= 0.3 is 0 Å². The predicted molar refractivity (Wildman–Crippen MR) is 124 cm³/mol. The van der Waals surface area contributed by atoms with Gasteiger partial charge in [-0.1, -0.05) is 55.5 Å². The van der Waals surface area contributed by atoms with E-state index in [1.165, 1.54) is 31.2 Å². The third-order valence-electron chi connectivity index (χ3n) is 6.76. The first-order valence-electron chi connectivity index (χ1n) is 11.9. The lowest BCUT2D eigenvalue weighted by Crippen LogP contribution is -2.14. The minimum atomic E-state index is -0.294. The van der Waals surface area contributed by atoms with E-state index in [4.69, 9.17) is 0 Å². The number of Topliss-reactive ketones (excluding diaryl/α,β-unsaturated/α-hetero) is 2. The van der Waals surface area contributed by atoms with Gasteiger partial charge in [-0.3, -0.25) is 14.0 Å². The monoisotopic (exact) mass is 422 g/mol. The van der Waals surface area contributed by atoms with Crippen LogP contribution in [0.4, 0.5) is 4.39 Å². The van der Waals surface area contributed by atoms with Crippen molar-refractivity contribution in [2.75, 3.05) is 6.67 Å². The first-order chi connectivity index (χ1) is 15.1. The molecule has 2 nitrogen and oxygen atoms in total. The van der Waals surface area contributed by atoms with Gasteiger partial charge in [0.05, 0.1) is 6.67 Å². The van der Waals surface area contributed by atoms with Crippen LogP contribution >= 0.6 is 0 Å². The largest absolute Gasteiger partial charge is 0.300 e. The van der Waals surface area contributed by atoms with Crippen LogP contribution in [0, 0.1) is 5.92 Å². The first kappa shape index (κ1) is 23.4. The van der Waals surface area contributed by atoms with E-state index in [1.54, 1.807) is 0 Å². The van der Waals surface area contributed by atoms with Crippen LogP contribution in [0.3, 0.4) is 0 Å². The molecule has 3 rings (SSSR count). The summed E-state index contributed by atoms with van der Waals surface area (Å²) in [6.45, 7) is 1.65. The second-order valence-corrected chi connectivity index (χ2v) is 8.98. The van der Waals surface area contributed by atoms with Gasteiger partial charge < -0.3 is 0 Å². The topological polar surface area (TPSA) is 34.1 Å². The fourth-order valence-electron chi connectivity index (χ4n) is 4.65. The Morgan fingerprint density at radius 2 is 1.55 bits per heavy atom. The highest BCUT2D eigenvalue weighted by Crippen LogP contribution is 2.37. The van der Waals surface area contributed by atoms with E-state index in [9.17, 15) is 14.0 Å². The van der Waals surface area contributed by atoms with Gasteiger partial charge in [0.15, 0.2) is 5.78 Å². The standard InChI is InChI=1S/C28H35FO2/c1-2-27(30)18-11-22-9-12-24(13-10-22)25-14-16-26(17-15-25)28(31)20-23-7-5-21(6-8-23)4-3-19-29/h5-8,14-17,22,24H,2-4,9-13,18-20H2,1H3/t22-,24-. The Morgan fingerprint density at radius 3 is 2.16 bits per heavy atom. The quantitative estimate of drug-likeness (QED) is 0.364. The molecular formula is C28H35FO2. The number of hydrogen-bond acceptors (Lipinski definition) is 2. The highest BCUT2D eigenvalue weighted by Gasteiger charge is 2.23. The van der Waals surface area contributed by atoms with Crippen LogP contribution < -0.4 is 0 Å². The molecule has 0 aromatic heterocycles. The van der Waals surface area contributed by atoms with Crippen LogP contribution in [0.15, 0.2) is 48.5 Å². The molecule has 0 radical (unpaired) electrons. The van der Waals surface area contributed by atoms with Crippen LogP contribution in [-0.4, -0.2) is 18.2 Å². The van der Waals surface area contributed by atoms with Gasteiger partial charge in [-0.25, -0.2) is 0 Å². The van der Waals surface area contributed by atoms with Gasteiger partial charge in [-0.2, -0.15) is 0 Å². The molecule has 2 aromatic carbocycles. The lowest BCUT2D eigenvalue weighted by Gasteiger charge is -2.28. The molecule has 2 aromatic rings. The maximum Gasteiger partial charge on any atom is 0.167 e. The smallest absolute Gasteiger partial charge is 0.167 e. The Balaban J connectivity index is 1.48. The summed E-state index contributed by atoms with van der Waals surface area (Å²) in [5.74, 6) is 1.78. The van der Waals surface area contributed by atoms with Crippen LogP contribution in [0.2, 0.25) is 0 Å². The van der Waals surface area contributed by atoms with Crippen LogP contribution in [-0.2, 0) is 17.6 Å². The third kappa shape index (κ3) is 7.12. The molecule has 1 aliphatic rings. The molecule has 0 saturated heterocycles. The van der Waals surface area contributed by atoms with Crippen molar-refractivity contribution >= 4 is 11.6 Å². The molecule has 3 heteroatoms. The highest BCUT2D eigenvalue weighted by molar-refractivity contribution is 5.97. The summed E-state index contributed by atoms with van der Waals surface area (Å²) in [5, 5.41) is 0. The average molecular weight is 423 g/mol. The zero-order valence-electron chi connectivity index (χ0n) is 18.7. The van der Waals surface area contributed by atoms with Gasteiger partial charge in [0.25, 0.3) is 0 Å². The number of alkyl halides is 1. The summed E-state index contributed by atoms with van der Waals surface area (Å²) in [4.78, 5) is 24.2. The third-order valence-corrected chi connectivity index (χ3v) is 6.76. The summed E-state index contributed by atoms with van der Waals surface area (Å²) in [7, 11) is 0. The summed E-state index contributed by atoms with van der Waals surface area (Å²) in [6, 6.07) is 16.1. The number of carbonyl (C=O) groups excluding carboxylic acids is 2. The number of benzene rings is 2. The van der Waals surface area contributed by atoms with E-state index in [0.717, 1.165) is 36.0 Å². The Hall–Kier alpha value is -2.29. The zero-order chi connectivity index (χ0) is 22.1. The number of rotatable bonds is 11. The minimum Gasteiger partial charge on any atom is -0.300 e. The summed E-state index contributed by atoms with van der Waals surface area (Å²) >= 11 is 0. The van der Waals surface area contributed by atoms with Gasteiger partial charge in [0, 0.05) is 24.8 Å². The number of hydrogen-bond donors (Lipinski definition) is 0. The normalized spacial score (nSPS) is 18.6. The Labute approximate surface area is 186 Å². The minimum absolute atomic E-state index is 0.132. The molecule has 31 heavy (non-hydrogen) atoms. The van der Waals surface area contributed by atoms with Crippen molar-refractivity contribution in [3.63, 3.8) is 0 Å². The molecule has 1 saturated carbocycles. The van der Waals surface area contributed by atoms with Gasteiger partial charge in [0.2, 0.25) is 0 Å². The van der Waals surface area contributed by atoms with Gasteiger partial charge in [-0.15, -0.1) is 0 Å². The van der Waals surface area contributed by atoms with E-state index in [0.29, 0.717) is 36.9 Å². The molecule has 0 spiro atoms. The van der Waals surface area contributed by atoms with Crippen LogP contribution in [0.25, 0.3) is 0 Å². The zero-order valence-corrected chi connectivity index (χ0v) is 18.7. The molecule has 0 heterocycles. The summed E-state index contributed by atoms with van der Waals surface area (Å²) in [5.41, 5.74) is 4.21. The maximum atomic E-state index is 12.7. The highest BCUT2D eigenvalue weighted by atomic mass is 19.1. The van der Waals surface area contributed by atoms with Crippen LogP contribution in [0.1, 0.15) is 91.3 Å². The number of aryl methyl sites for hydroxylation is 1. The molecule has 1 aliphatic carbocycles. The second kappa shape index (κ2) is 11.9. The lowest BCUT2D eigenvalue weighted by atomic mass is 9.77. The van der Waals surface area contributed by atoms with E-state index < -0.39 is 0 Å². The van der Waals surface area contributed by atoms with E-state index in [2.05, 4.69) is 12.1 Å². The fourth-order valence-corrected chi connectivity index (χ4v) is 4.65. The molecule has 0 bridgehead atoms. The number of ketones is 2. The molecule has 166 valence electrons. The second-order valence-electron chi connectivity index (χ2n) is 8.98. The van der Waals surface area contributed by atoms with E-state index in [1.807, 2.05) is 43.3 Å². The van der Waals surface area contributed by atoms with Gasteiger partial charge in [0.1, 0.15) is 5.78 Å². The van der Waals surface area contributed by atoms with E-state index in [-0.39, 0.29) is 12.5 Å². The summed E-state index contributed by atoms with van der Waals surface area (Å²) in [6.07, 6.45) is 8.87. The number of carbonyl (C=O) groups is 2. The van der Waals surface area contributed by atoms with Crippen molar-refractivity contribution in [1.29, 1.82) is 0 Å². The van der Waals surface area contributed by atoms with Crippen molar-refractivity contribution in [3.05, 3.63) is 70.8 Å². The SMILES string of the molecule is CCC(=O)CC[C@H]1CC[C@H](c2ccc(C(=O)Cc3ccc(CCCF)cc3)cc2)CC1. The Kier molecular flexibility index (Phi) is 8.99. The van der Waals surface area contributed by atoms with Crippen molar-refractivity contribution in [3.8, 4) is 0 Å². The molecule has 0 N–H and O–H groups in total. The molecule has 0 aliphatic heterocycles. The Bertz CT molecular complexity index is 830. The number of halogens is 1. The van der Waals surface area contributed by atoms with Crippen molar-refractivity contribution in [1.82, 2.24) is 0 Å². The lowest BCUT2D eigenvalue weighted by molar-refractivity contribution is -0.119. The van der Waals surface area contributed by atoms with E-state index >= 15 is 0 Å². The summed E-state index contributed by atoms with van der Waals surface area (Å²) < 4.78 is 12.3. The van der Waals surface area contributed by atoms with Crippen molar-refractivity contribution < 1.29 is 14.0 Å². The molecule has 0 unspecified atom stereocenters. The first-order valence-corrected chi connectivity index (χ1v) is 11.9. The fraction of sp³-hybridized carbons (Fsp3) is 0.500. The van der Waals surface area contributed by atoms with Crippen molar-refractivity contribution in [2.24, 2.45) is 5.92 Å². The molecular weight excluding hydrogens is 387 g/mol. The van der Waals surface area contributed by atoms with Crippen molar-refractivity contribution in [2.45, 2.75) is 77.0 Å². The molecule has 0 amide bonds. The molecule has 1 fully saturated rings. The molecule has 0 atom stereocenters. The predicted octanol–water partition coefficient (Wildman–Crippen LogP) is 7.05. The Morgan fingerprint density at radius 1 is 0.903 bits per heavy atom. The maximum absolute atomic E-state index is 12.7. The average Bonchev–Trinajstić information content (AvgIpc) is 2.82.